The Hall–Kier alpha value is -0.840. The van der Waals surface area contributed by atoms with Crippen LogP contribution in [0.1, 0.15) is 42.4 Å². The second kappa shape index (κ2) is 6.55. The van der Waals surface area contributed by atoms with E-state index in [-0.39, 0.29) is 6.04 Å². The third kappa shape index (κ3) is 3.19. The average molecular weight is 298 g/mol. The van der Waals surface area contributed by atoms with Crippen molar-refractivity contribution >= 4 is 22.9 Å². The molecule has 0 aliphatic carbocycles. The first kappa shape index (κ1) is 14.6. The van der Waals surface area contributed by atoms with Crippen LogP contribution < -0.4 is 5.32 Å². The van der Waals surface area contributed by atoms with Crippen LogP contribution in [-0.4, -0.2) is 16.3 Å². The van der Waals surface area contributed by atoms with Crippen LogP contribution in [-0.2, 0) is 13.5 Å². The van der Waals surface area contributed by atoms with Crippen molar-refractivity contribution in [3.8, 4) is 0 Å². The lowest BCUT2D eigenvalue weighted by atomic mass is 10.0. The van der Waals surface area contributed by atoms with Crippen LogP contribution in [0.25, 0.3) is 0 Å². The molecule has 0 amide bonds. The molecule has 0 spiro atoms. The summed E-state index contributed by atoms with van der Waals surface area (Å²) in [5.74, 6) is 0. The summed E-state index contributed by atoms with van der Waals surface area (Å²) >= 11 is 8.01. The molecule has 0 saturated heterocycles. The molecule has 2 heterocycles. The molecule has 2 aromatic heterocycles. The summed E-state index contributed by atoms with van der Waals surface area (Å²) in [6, 6.07) is 2.11. The Balaban J connectivity index is 2.39. The van der Waals surface area contributed by atoms with E-state index < -0.39 is 0 Å². The number of hydrogen-bond acceptors (Lipinski definition) is 3. The molecule has 5 heteroatoms. The summed E-state index contributed by atoms with van der Waals surface area (Å²) in [5, 5.41) is 11.0. The number of nitrogens with zero attached hydrogens (tertiary/aromatic N) is 2. The standard InChI is InChI=1S/C14H20ClN3S/c1-4-7-16-13(14-11(15)6-8-19-14)10-9-18(3)17-12(10)5-2/h6,8-9,13,16H,4-5,7H2,1-3H3. The van der Waals surface area contributed by atoms with E-state index in [9.17, 15) is 0 Å². The van der Waals surface area contributed by atoms with Gasteiger partial charge in [0.05, 0.1) is 16.8 Å². The van der Waals surface area contributed by atoms with E-state index in [2.05, 4.69) is 30.5 Å². The van der Waals surface area contributed by atoms with Crippen molar-refractivity contribution in [2.45, 2.75) is 32.7 Å². The van der Waals surface area contributed by atoms with E-state index in [0.29, 0.717) is 0 Å². The van der Waals surface area contributed by atoms with Crippen LogP contribution in [0.5, 0.6) is 0 Å². The van der Waals surface area contributed by atoms with Gasteiger partial charge in [-0.15, -0.1) is 11.3 Å². The molecule has 1 unspecified atom stereocenters. The molecule has 0 radical (unpaired) electrons. The summed E-state index contributed by atoms with van der Waals surface area (Å²) in [4.78, 5) is 1.18. The smallest absolute Gasteiger partial charge is 0.0719 e. The van der Waals surface area contributed by atoms with Crippen LogP contribution in [0.4, 0.5) is 0 Å². The van der Waals surface area contributed by atoms with E-state index in [0.717, 1.165) is 30.1 Å². The van der Waals surface area contributed by atoms with Gasteiger partial charge in [-0.25, -0.2) is 0 Å². The van der Waals surface area contributed by atoms with Crippen LogP contribution in [0, 0.1) is 0 Å². The number of hydrogen-bond donors (Lipinski definition) is 1. The molecule has 0 saturated carbocycles. The number of rotatable bonds is 6. The molecule has 1 N–H and O–H groups in total. The average Bonchev–Trinajstić information content (AvgIpc) is 2.97. The highest BCUT2D eigenvalue weighted by Gasteiger charge is 2.22. The highest BCUT2D eigenvalue weighted by atomic mass is 35.5. The summed E-state index contributed by atoms with van der Waals surface area (Å²) < 4.78 is 1.89. The molecule has 2 rings (SSSR count). The number of thiophene rings is 1. The van der Waals surface area contributed by atoms with Gasteiger partial charge in [-0.2, -0.15) is 5.10 Å². The summed E-state index contributed by atoms with van der Waals surface area (Å²) in [6.45, 7) is 5.28. The van der Waals surface area contributed by atoms with Crippen molar-refractivity contribution in [1.82, 2.24) is 15.1 Å². The maximum Gasteiger partial charge on any atom is 0.0719 e. The Morgan fingerprint density at radius 2 is 2.26 bits per heavy atom. The van der Waals surface area contributed by atoms with Crippen LogP contribution in [0.15, 0.2) is 17.6 Å². The second-order valence-corrected chi connectivity index (χ2v) is 5.93. The van der Waals surface area contributed by atoms with Crippen LogP contribution in [0.3, 0.4) is 0 Å². The monoisotopic (exact) mass is 297 g/mol. The van der Waals surface area contributed by atoms with Gasteiger partial charge >= 0.3 is 0 Å². The molecular formula is C14H20ClN3S. The fourth-order valence-corrected chi connectivity index (χ4v) is 3.47. The maximum absolute atomic E-state index is 6.31. The molecule has 0 aliphatic rings. The molecule has 104 valence electrons. The summed E-state index contributed by atoms with van der Waals surface area (Å²) in [6.07, 6.45) is 4.13. The van der Waals surface area contributed by atoms with E-state index >= 15 is 0 Å². The first-order chi connectivity index (χ1) is 9.17. The molecule has 2 aromatic rings. The Labute approximate surface area is 123 Å². The molecule has 0 aliphatic heterocycles. The van der Waals surface area contributed by atoms with E-state index in [1.807, 2.05) is 23.2 Å². The van der Waals surface area contributed by atoms with Crippen LogP contribution in [0.2, 0.25) is 5.02 Å². The predicted molar refractivity (Wildman–Crippen MR) is 82.1 cm³/mol. The van der Waals surface area contributed by atoms with Crippen LogP contribution >= 0.6 is 22.9 Å². The number of nitrogens with one attached hydrogen (secondary N) is 1. The molecular weight excluding hydrogens is 278 g/mol. The van der Waals surface area contributed by atoms with Gasteiger partial charge < -0.3 is 5.32 Å². The quantitative estimate of drug-likeness (QED) is 0.879. The lowest BCUT2D eigenvalue weighted by molar-refractivity contribution is 0.602. The highest BCUT2D eigenvalue weighted by Crippen LogP contribution is 2.34. The molecule has 1 atom stereocenters. The minimum absolute atomic E-state index is 0.149. The number of aromatic nitrogens is 2. The Bertz CT molecular complexity index is 533. The SMILES string of the molecule is CCCNC(c1cn(C)nc1CC)c1sccc1Cl. The Kier molecular flexibility index (Phi) is 5.02. The normalized spacial score (nSPS) is 12.8. The van der Waals surface area contributed by atoms with Crippen molar-refractivity contribution in [2.24, 2.45) is 7.05 Å². The second-order valence-electron chi connectivity index (χ2n) is 4.58. The fraction of sp³-hybridized carbons (Fsp3) is 0.500. The van der Waals surface area contributed by atoms with Gasteiger partial charge in [0, 0.05) is 23.7 Å². The minimum Gasteiger partial charge on any atom is -0.305 e. The Morgan fingerprint density at radius 1 is 1.47 bits per heavy atom. The van der Waals surface area contributed by atoms with Crippen molar-refractivity contribution < 1.29 is 0 Å². The van der Waals surface area contributed by atoms with Gasteiger partial charge in [-0.3, -0.25) is 4.68 Å². The van der Waals surface area contributed by atoms with E-state index in [4.69, 9.17) is 11.6 Å². The zero-order valence-electron chi connectivity index (χ0n) is 11.6. The first-order valence-electron chi connectivity index (χ1n) is 6.66. The van der Waals surface area contributed by atoms with Gasteiger partial charge in [0.25, 0.3) is 0 Å². The molecule has 0 bridgehead atoms. The molecule has 0 aromatic carbocycles. The first-order valence-corrected chi connectivity index (χ1v) is 7.91. The topological polar surface area (TPSA) is 29.9 Å². The van der Waals surface area contributed by atoms with E-state index in [1.165, 1.54) is 10.4 Å². The van der Waals surface area contributed by atoms with Gasteiger partial charge in [0.15, 0.2) is 0 Å². The predicted octanol–water partition coefficient (Wildman–Crippen LogP) is 3.79. The van der Waals surface area contributed by atoms with Crippen molar-refractivity contribution in [2.75, 3.05) is 6.54 Å². The molecule has 19 heavy (non-hydrogen) atoms. The highest BCUT2D eigenvalue weighted by molar-refractivity contribution is 7.10. The van der Waals surface area contributed by atoms with Crippen molar-refractivity contribution in [3.05, 3.63) is 38.8 Å². The minimum atomic E-state index is 0.149. The Morgan fingerprint density at radius 3 is 2.84 bits per heavy atom. The third-order valence-corrected chi connectivity index (χ3v) is 4.51. The van der Waals surface area contributed by atoms with Crippen molar-refractivity contribution in [3.63, 3.8) is 0 Å². The van der Waals surface area contributed by atoms with Gasteiger partial charge in [0.1, 0.15) is 0 Å². The van der Waals surface area contributed by atoms with Crippen molar-refractivity contribution in [1.29, 1.82) is 0 Å². The lowest BCUT2D eigenvalue weighted by Gasteiger charge is -2.17. The molecule has 0 fully saturated rings. The van der Waals surface area contributed by atoms with Gasteiger partial charge in [0.2, 0.25) is 0 Å². The maximum atomic E-state index is 6.31. The lowest BCUT2D eigenvalue weighted by Crippen LogP contribution is -2.23. The fourth-order valence-electron chi connectivity index (χ4n) is 2.21. The third-order valence-electron chi connectivity index (χ3n) is 3.09. The number of aryl methyl sites for hydroxylation is 2. The van der Waals surface area contributed by atoms with Gasteiger partial charge in [-0.05, 0) is 30.8 Å². The largest absolute Gasteiger partial charge is 0.305 e. The zero-order valence-corrected chi connectivity index (χ0v) is 13.2. The van der Waals surface area contributed by atoms with E-state index in [1.54, 1.807) is 11.3 Å². The van der Waals surface area contributed by atoms with Gasteiger partial charge in [-0.1, -0.05) is 25.4 Å². The summed E-state index contributed by atoms with van der Waals surface area (Å²) in [5.41, 5.74) is 2.38. The summed E-state index contributed by atoms with van der Waals surface area (Å²) in [7, 11) is 1.97. The number of halogens is 1. The molecule has 3 nitrogen and oxygen atoms in total. The zero-order chi connectivity index (χ0) is 13.8.